The molecular weight excluding hydrogens is 240 g/mol. The summed E-state index contributed by atoms with van der Waals surface area (Å²) >= 11 is 0. The highest BCUT2D eigenvalue weighted by Crippen LogP contribution is 2.12. The number of likely N-dealkylation sites (N-methyl/N-ethyl adjacent to an activating group) is 2. The molecule has 0 fully saturated rings. The molecule has 0 atom stereocenters. The maximum absolute atomic E-state index is 12.2. The van der Waals surface area contributed by atoms with E-state index in [1.807, 2.05) is 45.2 Å². The summed E-state index contributed by atoms with van der Waals surface area (Å²) in [7, 11) is 5.29. The Morgan fingerprint density at radius 3 is 2.37 bits per heavy atom. The Bertz CT molecular complexity index is 413. The predicted molar refractivity (Wildman–Crippen MR) is 77.5 cm³/mol. The summed E-state index contributed by atoms with van der Waals surface area (Å²) in [6.45, 7) is 4.48. The van der Waals surface area contributed by atoms with E-state index in [0.717, 1.165) is 12.2 Å². The molecule has 0 heterocycles. The van der Waals surface area contributed by atoms with Crippen molar-refractivity contribution in [2.45, 2.75) is 25.8 Å². The van der Waals surface area contributed by atoms with Gasteiger partial charge in [0.15, 0.2) is 0 Å². The molecule has 1 N–H and O–H groups in total. The monoisotopic (exact) mass is 264 g/mol. The second kappa shape index (κ2) is 6.57. The number of nitrogens with zero attached hydrogens (tertiary/aromatic N) is 1. The average molecular weight is 264 g/mol. The van der Waals surface area contributed by atoms with Crippen LogP contribution >= 0.6 is 0 Å². The summed E-state index contributed by atoms with van der Waals surface area (Å²) in [6.07, 6.45) is 0.839. The van der Waals surface area contributed by atoms with E-state index < -0.39 is 5.54 Å². The molecule has 19 heavy (non-hydrogen) atoms. The van der Waals surface area contributed by atoms with Gasteiger partial charge >= 0.3 is 0 Å². The normalized spacial score (nSPS) is 11.2. The zero-order valence-corrected chi connectivity index (χ0v) is 12.5. The average Bonchev–Trinajstić information content (AvgIpc) is 2.44. The minimum atomic E-state index is -0.519. The lowest BCUT2D eigenvalue weighted by molar-refractivity contribution is -0.135. The molecule has 1 rings (SSSR count). The van der Waals surface area contributed by atoms with Crippen LogP contribution in [0.4, 0.5) is 0 Å². The van der Waals surface area contributed by atoms with Crippen LogP contribution in [-0.2, 0) is 11.2 Å². The van der Waals surface area contributed by atoms with Gasteiger partial charge in [-0.15, -0.1) is 0 Å². The quantitative estimate of drug-likeness (QED) is 0.850. The lowest BCUT2D eigenvalue weighted by Gasteiger charge is -2.29. The third-order valence-electron chi connectivity index (χ3n) is 3.40. The topological polar surface area (TPSA) is 41.6 Å². The number of amides is 1. The van der Waals surface area contributed by atoms with Gasteiger partial charge in [-0.1, -0.05) is 12.1 Å². The molecule has 0 spiro atoms. The van der Waals surface area contributed by atoms with Gasteiger partial charge in [0.05, 0.1) is 12.6 Å². The molecule has 1 aromatic rings. The second-order valence-electron chi connectivity index (χ2n) is 5.20. The van der Waals surface area contributed by atoms with Crippen molar-refractivity contribution in [1.82, 2.24) is 10.2 Å². The standard InChI is InChI=1S/C15H24N2O2/c1-15(2,16-3)14(18)17(4)11-10-12-6-8-13(19-5)9-7-12/h6-9,16H,10-11H2,1-5H3. The number of hydrogen-bond acceptors (Lipinski definition) is 3. The summed E-state index contributed by atoms with van der Waals surface area (Å²) in [6, 6.07) is 7.93. The van der Waals surface area contributed by atoms with E-state index in [1.54, 1.807) is 19.1 Å². The van der Waals surface area contributed by atoms with Crippen molar-refractivity contribution in [2.24, 2.45) is 0 Å². The van der Waals surface area contributed by atoms with Gasteiger partial charge in [0.25, 0.3) is 0 Å². The number of nitrogens with one attached hydrogen (secondary N) is 1. The molecule has 1 amide bonds. The second-order valence-corrected chi connectivity index (χ2v) is 5.20. The van der Waals surface area contributed by atoms with Crippen molar-refractivity contribution in [3.8, 4) is 5.75 Å². The Morgan fingerprint density at radius 2 is 1.89 bits per heavy atom. The number of ether oxygens (including phenoxy) is 1. The first kappa shape index (κ1) is 15.5. The highest BCUT2D eigenvalue weighted by molar-refractivity contribution is 5.85. The molecule has 0 aliphatic heterocycles. The van der Waals surface area contributed by atoms with Crippen LogP contribution < -0.4 is 10.1 Å². The first-order chi connectivity index (χ1) is 8.90. The van der Waals surface area contributed by atoms with Gasteiger partial charge in [-0.25, -0.2) is 0 Å². The van der Waals surface area contributed by atoms with E-state index in [-0.39, 0.29) is 5.91 Å². The third kappa shape index (κ3) is 4.24. The van der Waals surface area contributed by atoms with Crippen LogP contribution in [0.15, 0.2) is 24.3 Å². The van der Waals surface area contributed by atoms with E-state index in [1.165, 1.54) is 5.56 Å². The van der Waals surface area contributed by atoms with Crippen molar-refractivity contribution in [1.29, 1.82) is 0 Å². The minimum absolute atomic E-state index is 0.100. The first-order valence-electron chi connectivity index (χ1n) is 6.48. The van der Waals surface area contributed by atoms with Crippen molar-refractivity contribution in [3.05, 3.63) is 29.8 Å². The lowest BCUT2D eigenvalue weighted by atomic mass is 10.0. The molecule has 0 bridgehead atoms. The molecule has 4 heteroatoms. The van der Waals surface area contributed by atoms with Crippen molar-refractivity contribution in [2.75, 3.05) is 27.7 Å². The van der Waals surface area contributed by atoms with E-state index in [2.05, 4.69) is 5.32 Å². The van der Waals surface area contributed by atoms with Crippen LogP contribution in [0.1, 0.15) is 19.4 Å². The maximum Gasteiger partial charge on any atom is 0.242 e. The molecule has 0 radical (unpaired) electrons. The molecule has 0 aromatic heterocycles. The van der Waals surface area contributed by atoms with Crippen LogP contribution in [0, 0.1) is 0 Å². The molecule has 4 nitrogen and oxygen atoms in total. The SMILES string of the molecule is CNC(C)(C)C(=O)N(C)CCc1ccc(OC)cc1. The zero-order chi connectivity index (χ0) is 14.5. The van der Waals surface area contributed by atoms with Crippen LogP contribution in [0.25, 0.3) is 0 Å². The highest BCUT2D eigenvalue weighted by Gasteiger charge is 2.27. The van der Waals surface area contributed by atoms with Crippen LogP contribution in [0.5, 0.6) is 5.75 Å². The smallest absolute Gasteiger partial charge is 0.242 e. The molecule has 1 aromatic carbocycles. The summed E-state index contributed by atoms with van der Waals surface area (Å²) in [4.78, 5) is 13.9. The Labute approximate surface area is 115 Å². The molecule has 0 aliphatic carbocycles. The fourth-order valence-electron chi connectivity index (χ4n) is 1.77. The number of carbonyl (C=O) groups excluding carboxylic acids is 1. The number of hydrogen-bond donors (Lipinski definition) is 1. The van der Waals surface area contributed by atoms with Gasteiger partial charge in [0, 0.05) is 13.6 Å². The van der Waals surface area contributed by atoms with Crippen molar-refractivity contribution in [3.63, 3.8) is 0 Å². The Kier molecular flexibility index (Phi) is 5.36. The summed E-state index contributed by atoms with van der Waals surface area (Å²) in [5.41, 5.74) is 0.678. The lowest BCUT2D eigenvalue weighted by Crippen LogP contribution is -2.52. The molecule has 0 aliphatic rings. The van der Waals surface area contributed by atoms with Gasteiger partial charge in [0.2, 0.25) is 5.91 Å². The molecule has 106 valence electrons. The van der Waals surface area contributed by atoms with Crippen molar-refractivity contribution < 1.29 is 9.53 Å². The fourth-order valence-corrected chi connectivity index (χ4v) is 1.77. The fraction of sp³-hybridized carbons (Fsp3) is 0.533. The highest BCUT2D eigenvalue weighted by atomic mass is 16.5. The Hall–Kier alpha value is -1.55. The zero-order valence-electron chi connectivity index (χ0n) is 12.5. The number of rotatable bonds is 6. The van der Waals surface area contributed by atoms with Crippen LogP contribution in [0.3, 0.4) is 0 Å². The third-order valence-corrected chi connectivity index (χ3v) is 3.40. The van der Waals surface area contributed by atoms with Gasteiger partial charge in [-0.3, -0.25) is 4.79 Å². The molecular formula is C15H24N2O2. The van der Waals surface area contributed by atoms with Gasteiger partial charge in [0.1, 0.15) is 5.75 Å². The first-order valence-corrected chi connectivity index (χ1v) is 6.48. The maximum atomic E-state index is 12.2. The van der Waals surface area contributed by atoms with Crippen molar-refractivity contribution >= 4 is 5.91 Å². The van der Waals surface area contributed by atoms with Crippen LogP contribution in [-0.4, -0.2) is 44.1 Å². The van der Waals surface area contributed by atoms with E-state index in [9.17, 15) is 4.79 Å². The van der Waals surface area contributed by atoms with E-state index in [0.29, 0.717) is 6.54 Å². The molecule has 0 saturated heterocycles. The molecule has 0 saturated carbocycles. The summed E-state index contributed by atoms with van der Waals surface area (Å²) in [5.74, 6) is 0.952. The molecule has 0 unspecified atom stereocenters. The van der Waals surface area contributed by atoms with Gasteiger partial charge < -0.3 is 15.0 Å². The van der Waals surface area contributed by atoms with E-state index in [4.69, 9.17) is 4.74 Å². The van der Waals surface area contributed by atoms with Crippen LogP contribution in [0.2, 0.25) is 0 Å². The van der Waals surface area contributed by atoms with Gasteiger partial charge in [-0.2, -0.15) is 0 Å². The predicted octanol–water partition coefficient (Wildman–Crippen LogP) is 1.69. The summed E-state index contributed by atoms with van der Waals surface area (Å²) in [5, 5.41) is 3.03. The Morgan fingerprint density at radius 1 is 1.32 bits per heavy atom. The van der Waals surface area contributed by atoms with Gasteiger partial charge in [-0.05, 0) is 45.0 Å². The summed E-state index contributed by atoms with van der Waals surface area (Å²) < 4.78 is 5.12. The number of benzene rings is 1. The van der Waals surface area contributed by atoms with E-state index >= 15 is 0 Å². The largest absolute Gasteiger partial charge is 0.497 e. The number of methoxy groups -OCH3 is 1. The minimum Gasteiger partial charge on any atom is -0.497 e. The Balaban J connectivity index is 2.54. The number of carbonyl (C=O) groups is 1.